The molecule has 0 aliphatic carbocycles. The fraction of sp³-hybridized carbons (Fsp3) is 0.267. The number of pyridine rings is 1. The van der Waals surface area contributed by atoms with Gasteiger partial charge in [-0.15, -0.1) is 0 Å². The van der Waals surface area contributed by atoms with Crippen LogP contribution in [0.2, 0.25) is 0 Å². The van der Waals surface area contributed by atoms with E-state index in [0.29, 0.717) is 23.8 Å². The smallest absolute Gasteiger partial charge is 0.137 e. The molecule has 0 amide bonds. The number of methoxy groups -OCH3 is 2. The molecule has 0 aliphatic heterocycles. The quantitative estimate of drug-likeness (QED) is 0.874. The summed E-state index contributed by atoms with van der Waals surface area (Å²) < 4.78 is 16.3. The summed E-state index contributed by atoms with van der Waals surface area (Å²) in [6.45, 7) is 0.352. The molecule has 0 spiro atoms. The lowest BCUT2D eigenvalue weighted by molar-refractivity contribution is 0.212. The number of nitrogens with two attached hydrogens (primary N) is 1. The van der Waals surface area contributed by atoms with E-state index in [9.17, 15) is 0 Å². The third-order valence-corrected chi connectivity index (χ3v) is 2.87. The van der Waals surface area contributed by atoms with Crippen molar-refractivity contribution in [1.29, 1.82) is 0 Å². The molecule has 5 nitrogen and oxygen atoms in total. The highest BCUT2D eigenvalue weighted by atomic mass is 16.5. The van der Waals surface area contributed by atoms with Gasteiger partial charge in [-0.25, -0.2) is 0 Å². The van der Waals surface area contributed by atoms with Crippen molar-refractivity contribution in [3.05, 3.63) is 48.3 Å². The molecule has 0 saturated carbocycles. The SMILES string of the molecule is COc1cc(OC)cc(OC(CN)c2cccnc2)c1. The Kier molecular flexibility index (Phi) is 4.79. The second kappa shape index (κ2) is 6.77. The Labute approximate surface area is 118 Å². The molecule has 1 atom stereocenters. The monoisotopic (exact) mass is 274 g/mol. The summed E-state index contributed by atoms with van der Waals surface area (Å²) in [5.41, 5.74) is 6.71. The van der Waals surface area contributed by atoms with Crippen LogP contribution in [0, 0.1) is 0 Å². The van der Waals surface area contributed by atoms with Gasteiger partial charge in [0, 0.05) is 42.7 Å². The van der Waals surface area contributed by atoms with Crippen molar-refractivity contribution in [3.63, 3.8) is 0 Å². The molecule has 0 bridgehead atoms. The molecule has 0 radical (unpaired) electrons. The van der Waals surface area contributed by atoms with Crippen LogP contribution in [0.3, 0.4) is 0 Å². The predicted octanol–water partition coefficient (Wildman–Crippen LogP) is 2.18. The first-order chi connectivity index (χ1) is 9.76. The lowest BCUT2D eigenvalue weighted by atomic mass is 10.1. The van der Waals surface area contributed by atoms with Crippen LogP contribution in [0.1, 0.15) is 11.7 Å². The first kappa shape index (κ1) is 14.1. The van der Waals surface area contributed by atoms with E-state index in [1.165, 1.54) is 0 Å². The first-order valence-corrected chi connectivity index (χ1v) is 6.26. The van der Waals surface area contributed by atoms with Gasteiger partial charge in [0.05, 0.1) is 14.2 Å². The molecule has 1 unspecified atom stereocenters. The maximum atomic E-state index is 5.91. The van der Waals surface area contributed by atoms with Gasteiger partial charge in [0.25, 0.3) is 0 Å². The van der Waals surface area contributed by atoms with Crippen LogP contribution in [-0.4, -0.2) is 25.7 Å². The molecule has 106 valence electrons. The van der Waals surface area contributed by atoms with E-state index in [2.05, 4.69) is 4.98 Å². The fourth-order valence-corrected chi connectivity index (χ4v) is 1.83. The van der Waals surface area contributed by atoms with Gasteiger partial charge in [0.15, 0.2) is 0 Å². The molecule has 0 saturated heterocycles. The van der Waals surface area contributed by atoms with Crippen LogP contribution in [0.25, 0.3) is 0 Å². The highest BCUT2D eigenvalue weighted by Gasteiger charge is 2.13. The topological polar surface area (TPSA) is 66.6 Å². The van der Waals surface area contributed by atoms with Gasteiger partial charge in [-0.1, -0.05) is 6.07 Å². The minimum Gasteiger partial charge on any atom is -0.496 e. The Morgan fingerprint density at radius 2 is 1.75 bits per heavy atom. The lowest BCUT2D eigenvalue weighted by Gasteiger charge is -2.18. The average molecular weight is 274 g/mol. The number of rotatable bonds is 6. The minimum atomic E-state index is -0.263. The predicted molar refractivity (Wildman–Crippen MR) is 76.2 cm³/mol. The third-order valence-electron chi connectivity index (χ3n) is 2.87. The van der Waals surface area contributed by atoms with Crippen LogP contribution >= 0.6 is 0 Å². The molecule has 1 heterocycles. The van der Waals surface area contributed by atoms with Gasteiger partial charge in [0.2, 0.25) is 0 Å². The van der Waals surface area contributed by atoms with Gasteiger partial charge in [0.1, 0.15) is 23.4 Å². The van der Waals surface area contributed by atoms with Crippen LogP contribution in [0.15, 0.2) is 42.7 Å². The molecule has 1 aromatic carbocycles. The second-order valence-corrected chi connectivity index (χ2v) is 4.18. The van der Waals surface area contributed by atoms with Crippen molar-refractivity contribution in [3.8, 4) is 17.2 Å². The van der Waals surface area contributed by atoms with Gasteiger partial charge in [-0.3, -0.25) is 4.98 Å². The fourth-order valence-electron chi connectivity index (χ4n) is 1.83. The number of hydrogen-bond acceptors (Lipinski definition) is 5. The van der Waals surface area contributed by atoms with E-state index < -0.39 is 0 Å². The van der Waals surface area contributed by atoms with E-state index in [1.54, 1.807) is 44.8 Å². The van der Waals surface area contributed by atoms with Crippen LogP contribution in [0.5, 0.6) is 17.2 Å². The summed E-state index contributed by atoms with van der Waals surface area (Å²) in [4.78, 5) is 4.08. The number of aromatic nitrogens is 1. The lowest BCUT2D eigenvalue weighted by Crippen LogP contribution is -2.18. The van der Waals surface area contributed by atoms with E-state index in [-0.39, 0.29) is 6.10 Å². The standard InChI is InChI=1S/C15H18N2O3/c1-18-12-6-13(19-2)8-14(7-12)20-15(9-16)11-4-3-5-17-10-11/h3-8,10,15H,9,16H2,1-2H3. The maximum Gasteiger partial charge on any atom is 0.137 e. The zero-order valence-corrected chi connectivity index (χ0v) is 11.6. The molecule has 1 aromatic heterocycles. The summed E-state index contributed by atoms with van der Waals surface area (Å²) in [5, 5.41) is 0. The average Bonchev–Trinajstić information content (AvgIpc) is 2.53. The van der Waals surface area contributed by atoms with Crippen molar-refractivity contribution < 1.29 is 14.2 Å². The normalized spacial score (nSPS) is 11.8. The van der Waals surface area contributed by atoms with E-state index in [4.69, 9.17) is 19.9 Å². The van der Waals surface area contributed by atoms with Crippen molar-refractivity contribution in [1.82, 2.24) is 4.98 Å². The Hall–Kier alpha value is -2.27. The molecule has 2 aromatic rings. The Morgan fingerprint density at radius 3 is 2.25 bits per heavy atom. The molecule has 2 rings (SSSR count). The molecule has 20 heavy (non-hydrogen) atoms. The number of benzene rings is 1. The van der Waals surface area contributed by atoms with Gasteiger partial charge in [-0.05, 0) is 6.07 Å². The maximum absolute atomic E-state index is 5.91. The molecular weight excluding hydrogens is 256 g/mol. The van der Waals surface area contributed by atoms with E-state index >= 15 is 0 Å². The Balaban J connectivity index is 2.23. The van der Waals surface area contributed by atoms with Crippen LogP contribution in [-0.2, 0) is 0 Å². The summed E-state index contributed by atoms with van der Waals surface area (Å²) in [6.07, 6.45) is 3.20. The Bertz CT molecular complexity index is 524. The van der Waals surface area contributed by atoms with Crippen molar-refractivity contribution in [2.75, 3.05) is 20.8 Å². The van der Waals surface area contributed by atoms with Gasteiger partial charge < -0.3 is 19.9 Å². The zero-order chi connectivity index (χ0) is 14.4. The number of nitrogens with zero attached hydrogens (tertiary/aromatic N) is 1. The second-order valence-electron chi connectivity index (χ2n) is 4.18. The van der Waals surface area contributed by atoms with Crippen molar-refractivity contribution >= 4 is 0 Å². The molecule has 0 fully saturated rings. The summed E-state index contributed by atoms with van der Waals surface area (Å²) >= 11 is 0. The zero-order valence-electron chi connectivity index (χ0n) is 11.6. The molecule has 0 aliphatic rings. The van der Waals surface area contributed by atoms with Gasteiger partial charge in [-0.2, -0.15) is 0 Å². The highest BCUT2D eigenvalue weighted by Crippen LogP contribution is 2.30. The molecule has 2 N–H and O–H groups in total. The summed E-state index contributed by atoms with van der Waals surface area (Å²) in [5.74, 6) is 1.98. The van der Waals surface area contributed by atoms with E-state index in [0.717, 1.165) is 5.56 Å². The molecular formula is C15H18N2O3. The van der Waals surface area contributed by atoms with Crippen molar-refractivity contribution in [2.24, 2.45) is 5.73 Å². The third kappa shape index (κ3) is 3.39. The Morgan fingerprint density at radius 1 is 1.10 bits per heavy atom. The van der Waals surface area contributed by atoms with Crippen LogP contribution in [0.4, 0.5) is 0 Å². The first-order valence-electron chi connectivity index (χ1n) is 6.26. The van der Waals surface area contributed by atoms with Crippen LogP contribution < -0.4 is 19.9 Å². The largest absolute Gasteiger partial charge is 0.496 e. The summed E-state index contributed by atoms with van der Waals surface area (Å²) in [6, 6.07) is 9.16. The minimum absolute atomic E-state index is 0.263. The van der Waals surface area contributed by atoms with Crippen molar-refractivity contribution in [2.45, 2.75) is 6.10 Å². The molecule has 5 heteroatoms. The highest BCUT2D eigenvalue weighted by molar-refractivity contribution is 5.42. The number of ether oxygens (including phenoxy) is 3. The van der Waals surface area contributed by atoms with Gasteiger partial charge >= 0.3 is 0 Å². The number of hydrogen-bond donors (Lipinski definition) is 1. The summed E-state index contributed by atoms with van der Waals surface area (Å²) in [7, 11) is 3.19. The van der Waals surface area contributed by atoms with E-state index in [1.807, 2.05) is 12.1 Å².